The van der Waals surface area contributed by atoms with E-state index in [-0.39, 0.29) is 91.0 Å². The van der Waals surface area contributed by atoms with E-state index in [1.165, 1.54) is 0 Å². The standard InChI is InChI=1S/C40H64N2O10/c1-8-24-10-9-11-32(51-35-15-14-31(42(4)5)22(3)48-35)21(2)37(45)30-18-28-26(29(30)19-34(44)49-24)13-12-23-16-25(17-27(23)28)50-40-39(47-7)38(46-6)36(41)33(20-43)52-40/h12-13,18,21-29,31-33,35-36,38-40,43H,8-11,14-17,19-20,41H2,1-7H3/t21-,22-,23-,24+,25-,26-,27-,28-,29+,31+,32+,33+,35+,36-,38-,39-,40-/m1/s1. The second kappa shape index (κ2) is 17.4. The number of Topliss-reactive ketones (excluding diaryl/α,β-unsaturated/α-hetero) is 1. The molecule has 294 valence electrons. The van der Waals surface area contributed by atoms with Gasteiger partial charge in [0.15, 0.2) is 18.4 Å². The normalized spacial score (nSPS) is 45.7. The number of fused-ring (bicyclic) bond motifs is 5. The zero-order valence-electron chi connectivity index (χ0n) is 32.3. The van der Waals surface area contributed by atoms with Crippen LogP contribution in [0.2, 0.25) is 0 Å². The molecule has 6 aliphatic rings. The number of carbonyl (C=O) groups is 2. The highest BCUT2D eigenvalue weighted by Crippen LogP contribution is 2.54. The van der Waals surface area contributed by atoms with Crippen molar-refractivity contribution in [1.82, 2.24) is 4.90 Å². The molecule has 4 fully saturated rings. The molecule has 3 aliphatic heterocycles. The Balaban J connectivity index is 1.21. The zero-order valence-corrected chi connectivity index (χ0v) is 32.3. The van der Waals surface area contributed by atoms with Gasteiger partial charge in [-0.25, -0.2) is 0 Å². The smallest absolute Gasteiger partial charge is 0.306 e. The number of esters is 1. The van der Waals surface area contributed by atoms with Gasteiger partial charge in [-0.15, -0.1) is 0 Å². The molecule has 0 amide bonds. The van der Waals surface area contributed by atoms with Crippen LogP contribution in [-0.2, 0) is 42.7 Å². The van der Waals surface area contributed by atoms with E-state index in [0.29, 0.717) is 12.5 Å². The Morgan fingerprint density at radius 3 is 2.40 bits per heavy atom. The average Bonchev–Trinajstić information content (AvgIpc) is 3.70. The minimum absolute atomic E-state index is 0.0128. The lowest BCUT2D eigenvalue weighted by molar-refractivity contribution is -0.297. The summed E-state index contributed by atoms with van der Waals surface area (Å²) < 4.78 is 43.3. The van der Waals surface area contributed by atoms with Crippen molar-refractivity contribution in [2.24, 2.45) is 41.2 Å². The van der Waals surface area contributed by atoms with Crippen molar-refractivity contribution >= 4 is 11.8 Å². The number of aliphatic hydroxyl groups excluding tert-OH is 1. The fourth-order valence-electron chi connectivity index (χ4n) is 10.2. The van der Waals surface area contributed by atoms with Crippen molar-refractivity contribution < 1.29 is 47.9 Å². The first-order valence-electron chi connectivity index (χ1n) is 19.8. The molecule has 3 N–H and O–H groups in total. The number of cyclic esters (lactones) is 1. The van der Waals surface area contributed by atoms with Crippen LogP contribution in [0, 0.1) is 35.5 Å². The summed E-state index contributed by atoms with van der Waals surface area (Å²) in [6.07, 6.45) is 9.77. The molecule has 0 aromatic rings. The number of hydrogen-bond acceptors (Lipinski definition) is 12. The van der Waals surface area contributed by atoms with Crippen molar-refractivity contribution in [3.63, 3.8) is 0 Å². The molecule has 6 rings (SSSR count). The van der Waals surface area contributed by atoms with Crippen LogP contribution in [0.25, 0.3) is 0 Å². The van der Waals surface area contributed by atoms with Gasteiger partial charge in [0, 0.05) is 32.1 Å². The number of nitrogens with two attached hydrogens (primary N) is 1. The minimum atomic E-state index is -0.751. The number of aliphatic hydroxyl groups is 1. The Kier molecular flexibility index (Phi) is 13.3. The maximum Gasteiger partial charge on any atom is 0.306 e. The summed E-state index contributed by atoms with van der Waals surface area (Å²) in [5.41, 5.74) is 7.07. The van der Waals surface area contributed by atoms with Gasteiger partial charge >= 0.3 is 5.97 Å². The van der Waals surface area contributed by atoms with Crippen molar-refractivity contribution in [2.45, 2.75) is 146 Å². The summed E-state index contributed by atoms with van der Waals surface area (Å²) in [5.74, 6) is -0.244. The van der Waals surface area contributed by atoms with Gasteiger partial charge < -0.3 is 48.9 Å². The summed E-state index contributed by atoms with van der Waals surface area (Å²) in [5, 5.41) is 9.97. The van der Waals surface area contributed by atoms with Crippen LogP contribution in [0.1, 0.15) is 78.6 Å². The van der Waals surface area contributed by atoms with Crippen LogP contribution in [0.15, 0.2) is 23.8 Å². The third kappa shape index (κ3) is 8.26. The van der Waals surface area contributed by atoms with Crippen LogP contribution in [-0.4, -0.2) is 124 Å². The summed E-state index contributed by atoms with van der Waals surface area (Å²) in [6, 6.07) is -0.230. The van der Waals surface area contributed by atoms with Gasteiger partial charge in [-0.1, -0.05) is 32.1 Å². The Morgan fingerprint density at radius 2 is 1.73 bits per heavy atom. The van der Waals surface area contributed by atoms with Gasteiger partial charge in [0.1, 0.15) is 24.4 Å². The molecule has 0 aromatic carbocycles. The topological polar surface area (TPSA) is 148 Å². The van der Waals surface area contributed by atoms with Crippen LogP contribution >= 0.6 is 0 Å². The fourth-order valence-corrected chi connectivity index (χ4v) is 10.2. The quantitative estimate of drug-likeness (QED) is 0.263. The van der Waals surface area contributed by atoms with E-state index in [1.807, 2.05) is 6.92 Å². The second-order valence-corrected chi connectivity index (χ2v) is 16.4. The molecule has 0 radical (unpaired) electrons. The molecule has 1 saturated carbocycles. The molecule has 3 heterocycles. The van der Waals surface area contributed by atoms with E-state index in [4.69, 9.17) is 38.9 Å². The van der Waals surface area contributed by atoms with E-state index in [2.05, 4.69) is 51.1 Å². The SMILES string of the molecule is CC[C@H]1CCC[C@H](O[C@H]2CC[C@H](N(C)C)[C@@H](C)O2)[C@@H](C)C(=O)C2=C[C@@H]3[C@@H](C=C[C@@H]4C[C@@H](O[C@@H]5O[C@@H](CO)[C@@H](N)[C@@H](OC)[C@H]5OC)C[C@@H]34)[C@@H]2CC(=O)O1. The lowest BCUT2D eigenvalue weighted by Crippen LogP contribution is -2.64. The molecule has 3 saturated heterocycles. The van der Waals surface area contributed by atoms with Crippen molar-refractivity contribution in [3.05, 3.63) is 23.8 Å². The molecule has 3 aliphatic carbocycles. The zero-order chi connectivity index (χ0) is 37.3. The Morgan fingerprint density at radius 1 is 0.962 bits per heavy atom. The Hall–Kier alpha value is -1.74. The molecule has 0 aromatic heterocycles. The predicted molar refractivity (Wildman–Crippen MR) is 193 cm³/mol. The Labute approximate surface area is 310 Å². The number of allylic oxidation sites excluding steroid dienone is 4. The highest BCUT2D eigenvalue weighted by Gasteiger charge is 2.52. The molecule has 12 nitrogen and oxygen atoms in total. The predicted octanol–water partition coefficient (Wildman–Crippen LogP) is 3.77. The number of nitrogens with zero attached hydrogens (tertiary/aromatic N) is 1. The lowest BCUT2D eigenvalue weighted by atomic mass is 9.70. The molecule has 0 bridgehead atoms. The number of carbonyl (C=O) groups excluding carboxylic acids is 2. The van der Waals surface area contributed by atoms with E-state index >= 15 is 0 Å². The van der Waals surface area contributed by atoms with Crippen molar-refractivity contribution in [3.8, 4) is 0 Å². The van der Waals surface area contributed by atoms with E-state index in [0.717, 1.165) is 50.5 Å². The molecular weight excluding hydrogens is 668 g/mol. The maximum absolute atomic E-state index is 14.6. The number of ether oxygens (including phenoxy) is 7. The van der Waals surface area contributed by atoms with Gasteiger partial charge in [0.2, 0.25) is 0 Å². The summed E-state index contributed by atoms with van der Waals surface area (Å²) in [6.45, 7) is 5.90. The molecule has 0 spiro atoms. The number of methoxy groups -OCH3 is 2. The minimum Gasteiger partial charge on any atom is -0.462 e. The van der Waals surface area contributed by atoms with E-state index < -0.39 is 30.6 Å². The monoisotopic (exact) mass is 732 g/mol. The first kappa shape index (κ1) is 39.9. The third-order valence-corrected chi connectivity index (χ3v) is 13.1. The number of ketones is 1. The largest absolute Gasteiger partial charge is 0.462 e. The molecule has 17 atom stereocenters. The maximum atomic E-state index is 14.6. The number of likely N-dealkylation sites (N-methyl/N-ethyl adjacent to an activating group) is 1. The highest BCUT2D eigenvalue weighted by atomic mass is 16.7. The second-order valence-electron chi connectivity index (χ2n) is 16.4. The van der Waals surface area contributed by atoms with Gasteiger partial charge in [-0.3, -0.25) is 9.59 Å². The van der Waals surface area contributed by atoms with Crippen molar-refractivity contribution in [2.75, 3.05) is 34.9 Å². The first-order valence-corrected chi connectivity index (χ1v) is 19.8. The Bertz CT molecular complexity index is 1290. The van der Waals surface area contributed by atoms with E-state index in [1.54, 1.807) is 14.2 Å². The summed E-state index contributed by atoms with van der Waals surface area (Å²) in [7, 11) is 7.32. The van der Waals surface area contributed by atoms with E-state index in [9.17, 15) is 14.7 Å². The van der Waals surface area contributed by atoms with Gasteiger partial charge in [0.25, 0.3) is 0 Å². The van der Waals surface area contributed by atoms with Crippen LogP contribution < -0.4 is 5.73 Å². The average molecular weight is 733 g/mol. The third-order valence-electron chi connectivity index (χ3n) is 13.1. The number of rotatable bonds is 9. The highest BCUT2D eigenvalue weighted by molar-refractivity contribution is 5.99. The molecule has 0 unspecified atom stereocenters. The van der Waals surface area contributed by atoms with Crippen molar-refractivity contribution in [1.29, 1.82) is 0 Å². The molecule has 12 heteroatoms. The molecular formula is C40H64N2O10. The van der Waals surface area contributed by atoms with Gasteiger partial charge in [-0.2, -0.15) is 0 Å². The van der Waals surface area contributed by atoms with Crippen LogP contribution in [0.4, 0.5) is 0 Å². The summed E-state index contributed by atoms with van der Waals surface area (Å²) in [4.78, 5) is 30.3. The van der Waals surface area contributed by atoms with Gasteiger partial charge in [0.05, 0.1) is 37.4 Å². The number of hydrogen-bond donors (Lipinski definition) is 2. The van der Waals surface area contributed by atoms with Crippen LogP contribution in [0.5, 0.6) is 0 Å². The van der Waals surface area contributed by atoms with Gasteiger partial charge in [-0.05, 0) is 102 Å². The fraction of sp³-hybridized carbons (Fsp3) is 0.850. The first-order chi connectivity index (χ1) is 25.0. The summed E-state index contributed by atoms with van der Waals surface area (Å²) >= 11 is 0. The molecule has 52 heavy (non-hydrogen) atoms. The lowest BCUT2D eigenvalue weighted by Gasteiger charge is -2.44. The van der Waals surface area contributed by atoms with Crippen LogP contribution in [0.3, 0.4) is 0 Å².